The molecule has 1 saturated carbocycles. The second-order valence-electron chi connectivity index (χ2n) is 8.44. The van der Waals surface area contributed by atoms with Gasteiger partial charge in [-0.05, 0) is 30.5 Å². The van der Waals surface area contributed by atoms with Crippen molar-refractivity contribution in [2.45, 2.75) is 49.0 Å². The molecule has 1 fully saturated rings. The zero-order valence-corrected chi connectivity index (χ0v) is 18.9. The van der Waals surface area contributed by atoms with E-state index < -0.39 is 15.4 Å². The summed E-state index contributed by atoms with van der Waals surface area (Å²) in [6, 6.07) is 14.5. The van der Waals surface area contributed by atoms with Crippen molar-refractivity contribution in [3.8, 4) is 11.8 Å². The van der Waals surface area contributed by atoms with Crippen LogP contribution in [-0.2, 0) is 21.1 Å². The van der Waals surface area contributed by atoms with Crippen LogP contribution >= 0.6 is 0 Å². The summed E-state index contributed by atoms with van der Waals surface area (Å²) in [4.78, 5) is 17.4. The summed E-state index contributed by atoms with van der Waals surface area (Å²) in [7, 11) is -3.25. The van der Waals surface area contributed by atoms with Crippen LogP contribution in [0.5, 0.6) is 0 Å². The Kier molecular flexibility index (Phi) is 6.29. The number of sulfone groups is 1. The summed E-state index contributed by atoms with van der Waals surface area (Å²) in [5.74, 6) is 6.58. The molecule has 1 N–H and O–H groups in total. The Morgan fingerprint density at radius 3 is 2.47 bits per heavy atom. The Bertz CT molecular complexity index is 1290. The number of nitrogens with zero attached hydrogens (tertiary/aromatic N) is 1. The van der Waals surface area contributed by atoms with Crippen molar-refractivity contribution in [3.63, 3.8) is 0 Å². The molecule has 1 amide bonds. The van der Waals surface area contributed by atoms with Gasteiger partial charge in [-0.1, -0.05) is 67.5 Å². The van der Waals surface area contributed by atoms with Gasteiger partial charge in [-0.25, -0.2) is 8.42 Å². The molecule has 0 saturated heterocycles. The number of pyridine rings is 1. The van der Waals surface area contributed by atoms with E-state index in [0.717, 1.165) is 54.0 Å². The molecule has 1 aliphatic rings. The number of fused-ring (bicyclic) bond motifs is 1. The fourth-order valence-electron chi connectivity index (χ4n) is 4.19. The van der Waals surface area contributed by atoms with Crippen LogP contribution in [0.2, 0.25) is 0 Å². The number of carbonyl (C=O) groups excluding carboxylic acids is 1. The summed E-state index contributed by atoms with van der Waals surface area (Å²) in [5.41, 5.74) is 1.07. The Morgan fingerprint density at radius 2 is 1.75 bits per heavy atom. The summed E-state index contributed by atoms with van der Waals surface area (Å²) in [5, 5.41) is 5.29. The molecule has 0 bridgehead atoms. The number of amides is 1. The summed E-state index contributed by atoms with van der Waals surface area (Å²) < 4.78 is 23.3. The molecule has 6 heteroatoms. The van der Waals surface area contributed by atoms with Crippen LogP contribution in [0.15, 0.2) is 65.8 Å². The molecule has 1 aromatic heterocycles. The molecular formula is C26H26N2O3S. The lowest BCUT2D eigenvalue weighted by Gasteiger charge is -2.33. The zero-order chi connectivity index (χ0) is 22.6. The maximum absolute atomic E-state index is 12.9. The van der Waals surface area contributed by atoms with Crippen LogP contribution in [0.25, 0.3) is 10.8 Å². The largest absolute Gasteiger partial charge is 0.339 e. The molecule has 4 rings (SSSR count). The molecule has 2 aromatic carbocycles. The number of nitrogens with one attached hydrogen (secondary N) is 1. The van der Waals surface area contributed by atoms with Gasteiger partial charge in [-0.3, -0.25) is 9.78 Å². The maximum Gasteiger partial charge on any atom is 0.225 e. The van der Waals surface area contributed by atoms with Crippen molar-refractivity contribution in [2.75, 3.05) is 6.26 Å². The van der Waals surface area contributed by atoms with E-state index >= 15 is 0 Å². The third kappa shape index (κ3) is 5.17. The lowest BCUT2D eigenvalue weighted by atomic mass is 9.81. The van der Waals surface area contributed by atoms with Crippen LogP contribution in [0.3, 0.4) is 0 Å². The monoisotopic (exact) mass is 446 g/mol. The third-order valence-electron chi connectivity index (χ3n) is 5.91. The minimum atomic E-state index is -3.25. The summed E-state index contributed by atoms with van der Waals surface area (Å²) in [6.45, 7) is 0. The van der Waals surface area contributed by atoms with Gasteiger partial charge < -0.3 is 5.32 Å². The molecule has 1 aliphatic carbocycles. The van der Waals surface area contributed by atoms with E-state index in [1.807, 2.05) is 30.5 Å². The number of rotatable bonds is 4. The fraction of sp³-hybridized carbons (Fsp3) is 0.308. The van der Waals surface area contributed by atoms with Gasteiger partial charge in [0.15, 0.2) is 9.84 Å². The molecule has 0 aliphatic heterocycles. The highest BCUT2D eigenvalue weighted by molar-refractivity contribution is 7.90. The zero-order valence-electron chi connectivity index (χ0n) is 18.1. The van der Waals surface area contributed by atoms with Gasteiger partial charge in [0.1, 0.15) is 5.54 Å². The lowest BCUT2D eigenvalue weighted by molar-refractivity contribution is -0.122. The second-order valence-corrected chi connectivity index (χ2v) is 10.5. The molecule has 0 atom stereocenters. The number of aromatic nitrogens is 1. The van der Waals surface area contributed by atoms with Crippen LogP contribution in [0.4, 0.5) is 0 Å². The fourth-order valence-corrected chi connectivity index (χ4v) is 4.82. The second kappa shape index (κ2) is 9.13. The first kappa shape index (κ1) is 22.0. The SMILES string of the molecule is CS(=O)(=O)c1ccc(CC(=O)NC2(C#Cc3cncc4ccccc34)CCCCC2)cc1. The first-order valence-electron chi connectivity index (χ1n) is 10.8. The minimum Gasteiger partial charge on any atom is -0.339 e. The first-order valence-corrected chi connectivity index (χ1v) is 12.7. The third-order valence-corrected chi connectivity index (χ3v) is 7.04. The standard InChI is InChI=1S/C26H26N2O3S/c1-32(30,31)23-11-9-20(10-12-23)17-25(29)28-26(14-5-2-6-15-26)16-13-22-19-27-18-21-7-3-4-8-24(21)22/h3-4,7-12,18-19H,2,5-6,14-15,17H2,1H3,(H,28,29). The maximum atomic E-state index is 12.9. The van der Waals surface area contributed by atoms with E-state index in [2.05, 4.69) is 22.1 Å². The van der Waals surface area contributed by atoms with Crippen molar-refractivity contribution in [1.82, 2.24) is 10.3 Å². The molecule has 32 heavy (non-hydrogen) atoms. The quantitative estimate of drug-likeness (QED) is 0.614. The topological polar surface area (TPSA) is 76.1 Å². The first-order chi connectivity index (χ1) is 15.3. The molecule has 0 radical (unpaired) electrons. The van der Waals surface area contributed by atoms with Crippen LogP contribution in [0.1, 0.15) is 43.2 Å². The molecule has 164 valence electrons. The van der Waals surface area contributed by atoms with Gasteiger partial charge in [0, 0.05) is 29.4 Å². The lowest BCUT2D eigenvalue weighted by Crippen LogP contribution is -2.49. The van der Waals surface area contributed by atoms with Crippen LogP contribution in [0, 0.1) is 11.8 Å². The summed E-state index contributed by atoms with van der Waals surface area (Å²) >= 11 is 0. The smallest absolute Gasteiger partial charge is 0.225 e. The predicted octanol–water partition coefficient (Wildman–Crippen LogP) is 4.05. The highest BCUT2D eigenvalue weighted by atomic mass is 32.2. The van der Waals surface area contributed by atoms with E-state index in [1.165, 1.54) is 6.26 Å². The van der Waals surface area contributed by atoms with Gasteiger partial charge in [-0.2, -0.15) is 0 Å². The number of benzene rings is 2. The van der Waals surface area contributed by atoms with E-state index in [9.17, 15) is 13.2 Å². The van der Waals surface area contributed by atoms with Gasteiger partial charge in [0.25, 0.3) is 0 Å². The van der Waals surface area contributed by atoms with Gasteiger partial charge in [0.05, 0.1) is 16.9 Å². The normalized spacial score (nSPS) is 15.5. The van der Waals surface area contributed by atoms with Gasteiger partial charge in [-0.15, -0.1) is 0 Å². The van der Waals surface area contributed by atoms with E-state index in [4.69, 9.17) is 0 Å². The number of carbonyl (C=O) groups is 1. The molecule has 1 heterocycles. The highest BCUT2D eigenvalue weighted by Gasteiger charge is 2.31. The molecule has 3 aromatic rings. The molecular weight excluding hydrogens is 420 g/mol. The van der Waals surface area contributed by atoms with E-state index in [1.54, 1.807) is 30.5 Å². The van der Waals surface area contributed by atoms with Crippen molar-refractivity contribution >= 4 is 26.5 Å². The molecule has 0 spiro atoms. The van der Waals surface area contributed by atoms with Crippen molar-refractivity contribution < 1.29 is 13.2 Å². The Morgan fingerprint density at radius 1 is 1.03 bits per heavy atom. The van der Waals surface area contributed by atoms with Gasteiger partial charge in [0.2, 0.25) is 5.91 Å². The van der Waals surface area contributed by atoms with Crippen molar-refractivity contribution in [2.24, 2.45) is 0 Å². The Labute approximate surface area is 189 Å². The molecule has 5 nitrogen and oxygen atoms in total. The van der Waals surface area contributed by atoms with E-state index in [-0.39, 0.29) is 17.2 Å². The predicted molar refractivity (Wildman–Crippen MR) is 126 cm³/mol. The van der Waals surface area contributed by atoms with E-state index in [0.29, 0.717) is 0 Å². The number of hydrogen-bond acceptors (Lipinski definition) is 4. The van der Waals surface area contributed by atoms with Crippen molar-refractivity contribution in [3.05, 3.63) is 72.1 Å². The Hall–Kier alpha value is -3.17. The molecule has 0 unspecified atom stereocenters. The summed E-state index contributed by atoms with van der Waals surface area (Å²) in [6.07, 6.45) is 9.77. The van der Waals surface area contributed by atoms with Gasteiger partial charge >= 0.3 is 0 Å². The average molecular weight is 447 g/mol. The van der Waals surface area contributed by atoms with Crippen LogP contribution < -0.4 is 5.32 Å². The highest BCUT2D eigenvalue weighted by Crippen LogP contribution is 2.28. The number of hydrogen-bond donors (Lipinski definition) is 1. The Balaban J connectivity index is 1.55. The van der Waals surface area contributed by atoms with Crippen LogP contribution in [-0.4, -0.2) is 31.1 Å². The average Bonchev–Trinajstić information content (AvgIpc) is 2.78. The minimum absolute atomic E-state index is 0.107. The van der Waals surface area contributed by atoms with Crippen molar-refractivity contribution in [1.29, 1.82) is 0 Å².